The summed E-state index contributed by atoms with van der Waals surface area (Å²) in [5, 5.41) is 0. The monoisotopic (exact) mass is 472 g/mol. The molecule has 178 valence electrons. The maximum Gasteiger partial charge on any atom is 0.422 e. The number of terminal acetylenes is 1. The van der Waals surface area contributed by atoms with Crippen molar-refractivity contribution in [3.8, 4) is 23.8 Å². The Hall–Kier alpha value is -3.73. The van der Waals surface area contributed by atoms with Gasteiger partial charge >= 0.3 is 18.1 Å². The largest absolute Gasteiger partial charge is 0.457 e. The van der Waals surface area contributed by atoms with Gasteiger partial charge in [0.2, 0.25) is 0 Å². The van der Waals surface area contributed by atoms with E-state index in [-0.39, 0.29) is 0 Å². The van der Waals surface area contributed by atoms with E-state index in [1.807, 2.05) is 18.2 Å². The second-order valence-corrected chi connectivity index (χ2v) is 8.38. The first-order valence-electron chi connectivity index (χ1n) is 10.4. The summed E-state index contributed by atoms with van der Waals surface area (Å²) in [6.07, 6.45) is 2.30. The van der Waals surface area contributed by atoms with Crippen LogP contribution in [-0.2, 0) is 19.1 Å². The Labute approximate surface area is 195 Å². The molecular formula is C26H23F3O5. The third-order valence-electron chi connectivity index (χ3n) is 5.51. The minimum Gasteiger partial charge on any atom is -0.457 e. The van der Waals surface area contributed by atoms with Crippen LogP contribution in [0, 0.1) is 29.6 Å². The Morgan fingerprint density at radius 2 is 1.79 bits per heavy atom. The number of benzene rings is 2. The lowest BCUT2D eigenvalue weighted by atomic mass is 10.1. The van der Waals surface area contributed by atoms with Gasteiger partial charge in [-0.2, -0.15) is 13.2 Å². The van der Waals surface area contributed by atoms with Gasteiger partial charge < -0.3 is 14.2 Å². The molecule has 3 atom stereocenters. The van der Waals surface area contributed by atoms with Crippen molar-refractivity contribution in [2.75, 3.05) is 6.61 Å². The van der Waals surface area contributed by atoms with Crippen molar-refractivity contribution >= 4 is 11.9 Å². The molecule has 34 heavy (non-hydrogen) atoms. The molecule has 0 aromatic heterocycles. The molecule has 0 aliphatic heterocycles. The highest BCUT2D eigenvalue weighted by Gasteiger charge is 2.61. The Morgan fingerprint density at radius 3 is 2.44 bits per heavy atom. The number of esters is 2. The maximum atomic E-state index is 12.8. The highest BCUT2D eigenvalue weighted by atomic mass is 19.4. The lowest BCUT2D eigenvalue weighted by Gasteiger charge is -2.15. The van der Waals surface area contributed by atoms with Crippen LogP contribution in [0.4, 0.5) is 13.2 Å². The highest BCUT2D eigenvalue weighted by molar-refractivity contribution is 5.83. The summed E-state index contributed by atoms with van der Waals surface area (Å²) in [6.45, 7) is 1.90. The van der Waals surface area contributed by atoms with Gasteiger partial charge in [0.25, 0.3) is 0 Å². The zero-order valence-electron chi connectivity index (χ0n) is 18.5. The smallest absolute Gasteiger partial charge is 0.422 e. The fourth-order valence-electron chi connectivity index (χ4n) is 3.62. The van der Waals surface area contributed by atoms with Crippen LogP contribution in [0.25, 0.3) is 0 Å². The minimum atomic E-state index is -4.61. The molecule has 0 N–H and O–H groups in total. The molecule has 1 aliphatic rings. The molecule has 0 spiro atoms. The second-order valence-electron chi connectivity index (χ2n) is 8.38. The second kappa shape index (κ2) is 10.0. The van der Waals surface area contributed by atoms with E-state index in [1.54, 1.807) is 50.2 Å². The zero-order chi connectivity index (χ0) is 24.9. The highest BCUT2D eigenvalue weighted by Crippen LogP contribution is 2.59. The molecule has 0 unspecified atom stereocenters. The van der Waals surface area contributed by atoms with Gasteiger partial charge in [-0.1, -0.05) is 56.2 Å². The molecule has 2 aromatic rings. The average molecular weight is 472 g/mol. The van der Waals surface area contributed by atoms with Gasteiger partial charge in [0.05, 0.1) is 5.92 Å². The number of carbonyl (C=O) groups is 2. The molecule has 0 radical (unpaired) electrons. The van der Waals surface area contributed by atoms with Crippen LogP contribution in [0.1, 0.15) is 25.5 Å². The summed E-state index contributed by atoms with van der Waals surface area (Å²) in [5.74, 6) is 0.875. The number of hydrogen-bond donors (Lipinski definition) is 0. The van der Waals surface area contributed by atoms with E-state index in [1.165, 1.54) is 6.08 Å². The van der Waals surface area contributed by atoms with Crippen LogP contribution in [0.15, 0.2) is 66.7 Å². The number of alkyl halides is 3. The number of allylic oxidation sites excluding steroid dienone is 1. The van der Waals surface area contributed by atoms with E-state index in [2.05, 4.69) is 10.7 Å². The topological polar surface area (TPSA) is 61.8 Å². The first kappa shape index (κ1) is 24.9. The molecule has 1 fully saturated rings. The minimum absolute atomic E-state index is 0.412. The summed E-state index contributed by atoms with van der Waals surface area (Å²) in [4.78, 5) is 24.3. The van der Waals surface area contributed by atoms with E-state index < -0.39 is 48.1 Å². The van der Waals surface area contributed by atoms with Gasteiger partial charge in [-0.25, -0.2) is 4.79 Å². The predicted octanol–water partition coefficient (Wildman–Crippen LogP) is 5.63. The standard InChI is InChI=1S/C26H23F3O5/c1-4-21(17-9-8-12-19(15-17)33-18-10-6-5-7-11-18)34-24(31)23-20(25(23,2)3)13-14-22(30)32-16-26(27,28)29/h1,5-15,20-21,23H,16H2,2-3H3/t20-,21+,23-/m0/s1. The Morgan fingerprint density at radius 1 is 1.12 bits per heavy atom. The molecule has 0 amide bonds. The summed E-state index contributed by atoms with van der Waals surface area (Å²) in [6, 6.07) is 16.0. The molecule has 3 rings (SSSR count). The number of ether oxygens (including phenoxy) is 3. The van der Waals surface area contributed by atoms with E-state index in [9.17, 15) is 22.8 Å². The van der Waals surface area contributed by atoms with Crippen LogP contribution in [0.5, 0.6) is 11.5 Å². The van der Waals surface area contributed by atoms with Crippen LogP contribution in [0.3, 0.4) is 0 Å². The summed E-state index contributed by atoms with van der Waals surface area (Å²) >= 11 is 0. The van der Waals surface area contributed by atoms with Crippen molar-refractivity contribution in [1.29, 1.82) is 0 Å². The number of para-hydroxylation sites is 1. The molecule has 5 nitrogen and oxygen atoms in total. The zero-order valence-corrected chi connectivity index (χ0v) is 18.5. The molecule has 0 saturated heterocycles. The Balaban J connectivity index is 1.63. The van der Waals surface area contributed by atoms with Gasteiger partial charge in [-0.05, 0) is 35.6 Å². The van der Waals surface area contributed by atoms with Crippen molar-refractivity contribution in [3.63, 3.8) is 0 Å². The maximum absolute atomic E-state index is 12.8. The van der Waals surface area contributed by atoms with Gasteiger partial charge in [0.1, 0.15) is 11.5 Å². The number of halogens is 3. The molecule has 2 aromatic carbocycles. The molecule has 8 heteroatoms. The summed E-state index contributed by atoms with van der Waals surface area (Å²) in [5.41, 5.74) is -0.0134. The quantitative estimate of drug-likeness (QED) is 0.283. The SMILES string of the molecule is C#C[C@@H](OC(=O)[C@@H]1[C@H](C=CC(=O)OCC(F)(F)F)C1(C)C)c1cccc(Oc2ccccc2)c1. The third kappa shape index (κ3) is 6.41. The first-order chi connectivity index (χ1) is 16.0. The molecule has 1 aliphatic carbocycles. The van der Waals surface area contributed by atoms with Gasteiger partial charge in [-0.3, -0.25) is 4.79 Å². The van der Waals surface area contributed by atoms with Crippen molar-refractivity contribution in [3.05, 3.63) is 72.3 Å². The first-order valence-corrected chi connectivity index (χ1v) is 10.4. The predicted molar refractivity (Wildman–Crippen MR) is 118 cm³/mol. The number of rotatable bonds is 8. The van der Waals surface area contributed by atoms with Crippen LogP contribution >= 0.6 is 0 Å². The molecule has 0 heterocycles. The average Bonchev–Trinajstić information content (AvgIpc) is 3.35. The Bertz CT molecular complexity index is 1100. The Kier molecular flexibility index (Phi) is 7.35. The van der Waals surface area contributed by atoms with Crippen molar-refractivity contribution in [2.24, 2.45) is 17.3 Å². The van der Waals surface area contributed by atoms with Crippen molar-refractivity contribution in [2.45, 2.75) is 26.1 Å². The van der Waals surface area contributed by atoms with Crippen LogP contribution < -0.4 is 4.74 Å². The van der Waals surface area contributed by atoms with Crippen molar-refractivity contribution in [1.82, 2.24) is 0 Å². The van der Waals surface area contributed by atoms with Gasteiger partial charge in [-0.15, -0.1) is 6.42 Å². The molecule has 1 saturated carbocycles. The summed E-state index contributed by atoms with van der Waals surface area (Å²) in [7, 11) is 0. The summed E-state index contributed by atoms with van der Waals surface area (Å²) < 4.78 is 52.0. The van der Waals surface area contributed by atoms with E-state index >= 15 is 0 Å². The van der Waals surface area contributed by atoms with Gasteiger partial charge in [0.15, 0.2) is 12.7 Å². The lowest BCUT2D eigenvalue weighted by Crippen LogP contribution is -2.19. The van der Waals surface area contributed by atoms with Crippen molar-refractivity contribution < 1.29 is 37.0 Å². The number of carbonyl (C=O) groups excluding carboxylic acids is 2. The van der Waals surface area contributed by atoms with Crippen LogP contribution in [-0.4, -0.2) is 24.7 Å². The number of hydrogen-bond acceptors (Lipinski definition) is 5. The lowest BCUT2D eigenvalue weighted by molar-refractivity contribution is -0.182. The normalized spacial score (nSPS) is 19.6. The molecule has 0 bridgehead atoms. The van der Waals surface area contributed by atoms with Gasteiger partial charge in [0, 0.05) is 11.6 Å². The fourth-order valence-corrected chi connectivity index (χ4v) is 3.62. The van der Waals surface area contributed by atoms with E-state index in [0.717, 1.165) is 6.08 Å². The van der Waals surface area contributed by atoms with Crippen LogP contribution in [0.2, 0.25) is 0 Å². The fraction of sp³-hybridized carbons (Fsp3) is 0.308. The van der Waals surface area contributed by atoms with E-state index in [4.69, 9.17) is 15.9 Å². The molecular weight excluding hydrogens is 449 g/mol. The van der Waals surface area contributed by atoms with E-state index in [0.29, 0.717) is 17.1 Å². The third-order valence-corrected chi connectivity index (χ3v) is 5.51.